The Morgan fingerprint density at radius 3 is 2.62 bits per heavy atom. The zero-order valence-corrected chi connectivity index (χ0v) is 11.0. The molecule has 106 valence electrons. The van der Waals surface area contributed by atoms with Gasteiger partial charge in [0.2, 0.25) is 5.85 Å². The van der Waals surface area contributed by atoms with Crippen LogP contribution in [-0.2, 0) is 10.4 Å². The minimum absolute atomic E-state index is 0.0716. The number of H-pyrrole nitrogens is 1. The summed E-state index contributed by atoms with van der Waals surface area (Å²) in [6.45, 7) is 1.37. The molecule has 1 aromatic rings. The third kappa shape index (κ3) is 2.39. The number of ether oxygens (including phenoxy) is 1. The number of aliphatic hydroxyl groups excluding tert-OH is 1. The first-order chi connectivity index (χ1) is 9.41. The molecule has 11 heteroatoms. The van der Waals surface area contributed by atoms with Gasteiger partial charge in [-0.1, -0.05) is 0 Å². The van der Waals surface area contributed by atoms with Crippen molar-refractivity contribution >= 4 is 23.5 Å². The van der Waals surface area contributed by atoms with Gasteiger partial charge in [-0.05, 0) is 6.92 Å². The van der Waals surface area contributed by atoms with Crippen LogP contribution in [0.1, 0.15) is 12.0 Å². The van der Waals surface area contributed by atoms with Gasteiger partial charge < -0.3 is 14.9 Å². The van der Waals surface area contributed by atoms with Gasteiger partial charge in [-0.15, -0.1) is 0 Å². The lowest BCUT2D eigenvalue weighted by Crippen LogP contribution is -2.55. The van der Waals surface area contributed by atoms with Gasteiger partial charge in [0.25, 0.3) is 5.56 Å². The van der Waals surface area contributed by atoms with E-state index in [4.69, 9.17) is 28.3 Å². The number of aromatic nitrogens is 2. The Morgan fingerprint density at radius 2 is 2.14 bits per heavy atom. The molecule has 21 heavy (non-hydrogen) atoms. The number of nitrogens with zero attached hydrogens (tertiary/aromatic N) is 1. The molecule has 0 unspecified atom stereocenters. The van der Waals surface area contributed by atoms with Crippen LogP contribution in [-0.4, -0.2) is 60.7 Å². The summed E-state index contributed by atoms with van der Waals surface area (Å²) in [5.41, 5.74) is -4.03. The van der Waals surface area contributed by atoms with Crippen LogP contribution >= 0.6 is 0 Å². The van der Waals surface area contributed by atoms with Crippen molar-refractivity contribution in [2.75, 3.05) is 0 Å². The normalized spacial score (nSPS) is 33.2. The van der Waals surface area contributed by atoms with E-state index in [1.807, 2.05) is 4.98 Å². The molecule has 0 aliphatic carbocycles. The molecule has 3 atom stereocenters. The van der Waals surface area contributed by atoms with Gasteiger partial charge in [0.05, 0.1) is 6.10 Å². The van der Waals surface area contributed by atoms with Crippen molar-refractivity contribution in [2.24, 2.45) is 0 Å². The smallest absolute Gasteiger partial charge is 0.330 e. The fourth-order valence-corrected chi connectivity index (χ4v) is 2.05. The van der Waals surface area contributed by atoms with Crippen molar-refractivity contribution in [1.82, 2.24) is 9.55 Å². The Hall–Kier alpha value is -1.32. The molecular weight excluding hydrogens is 280 g/mol. The van der Waals surface area contributed by atoms with E-state index in [9.17, 15) is 24.2 Å². The predicted octanol–water partition coefficient (Wildman–Crippen LogP) is -2.95. The first-order valence-corrected chi connectivity index (χ1v) is 5.90. The molecule has 1 aliphatic heterocycles. The van der Waals surface area contributed by atoms with E-state index in [-0.39, 0.29) is 5.56 Å². The summed E-state index contributed by atoms with van der Waals surface area (Å²) in [6, 6.07) is 0. The summed E-state index contributed by atoms with van der Waals surface area (Å²) in [7, 11) is 15.8. The molecule has 2 heterocycles. The van der Waals surface area contributed by atoms with Crippen LogP contribution in [0.15, 0.2) is 15.8 Å². The summed E-state index contributed by atoms with van der Waals surface area (Å²) < 4.78 is 19.8. The van der Waals surface area contributed by atoms with Crippen LogP contribution in [0.4, 0.5) is 4.39 Å². The molecule has 7 nitrogen and oxygen atoms in total. The number of hydrogen-bond acceptors (Lipinski definition) is 5. The maximum atomic E-state index is 14.4. The molecule has 0 amide bonds. The van der Waals surface area contributed by atoms with Gasteiger partial charge in [0.1, 0.15) is 29.2 Å². The Balaban J connectivity index is 2.57. The highest BCUT2D eigenvalue weighted by Crippen LogP contribution is 2.44. The quantitative estimate of drug-likeness (QED) is 0.505. The Morgan fingerprint density at radius 1 is 1.57 bits per heavy atom. The number of aliphatic hydroxyl groups is 2. The number of aryl methyl sites for hydroxylation is 1. The summed E-state index contributed by atoms with van der Waals surface area (Å²) in [6.07, 6.45) is -1.65. The van der Waals surface area contributed by atoms with E-state index < -0.39 is 40.7 Å². The van der Waals surface area contributed by atoms with Crippen molar-refractivity contribution < 1.29 is 19.3 Å². The average molecular weight is 290 g/mol. The molecule has 1 saturated heterocycles. The molecule has 1 aliphatic rings. The first-order valence-electron chi connectivity index (χ1n) is 5.90. The van der Waals surface area contributed by atoms with E-state index in [1.165, 1.54) is 6.92 Å². The van der Waals surface area contributed by atoms with Crippen LogP contribution in [0.25, 0.3) is 0 Å². The van der Waals surface area contributed by atoms with Crippen molar-refractivity contribution in [3.05, 3.63) is 32.6 Å². The molecular formula is C10H10B3FN2O5. The van der Waals surface area contributed by atoms with Gasteiger partial charge in [0.15, 0.2) is 0 Å². The molecule has 0 aromatic carbocycles. The van der Waals surface area contributed by atoms with Crippen molar-refractivity contribution in [1.29, 1.82) is 0 Å². The fourth-order valence-electron chi connectivity index (χ4n) is 2.05. The fraction of sp³-hybridized carbons (Fsp3) is 0.600. The van der Waals surface area contributed by atoms with Crippen LogP contribution in [0.5, 0.6) is 0 Å². The monoisotopic (exact) mass is 290 g/mol. The van der Waals surface area contributed by atoms with Crippen LogP contribution < -0.4 is 11.2 Å². The number of aromatic amines is 1. The van der Waals surface area contributed by atoms with E-state index in [0.29, 0.717) is 4.57 Å². The molecule has 2 rings (SSSR count). The van der Waals surface area contributed by atoms with E-state index in [0.717, 1.165) is 6.20 Å². The SMILES string of the molecule is [B]C([B])(O)[C@]1(F)C[C@@H](O)[C@]([B])(n2cc(C)c(=O)[nH]c2=O)O1. The second kappa shape index (κ2) is 4.59. The maximum Gasteiger partial charge on any atom is 0.330 e. The highest BCUT2D eigenvalue weighted by Gasteiger charge is 2.60. The predicted molar refractivity (Wildman–Crippen MR) is 71.8 cm³/mol. The number of nitrogens with one attached hydrogen (secondary N) is 1. The van der Waals surface area contributed by atoms with Gasteiger partial charge >= 0.3 is 5.69 Å². The average Bonchev–Trinajstić information content (AvgIpc) is 2.55. The third-order valence-corrected chi connectivity index (χ3v) is 3.35. The van der Waals surface area contributed by atoms with Gasteiger partial charge in [0, 0.05) is 23.6 Å². The van der Waals surface area contributed by atoms with Crippen molar-refractivity contribution in [3.8, 4) is 0 Å². The first kappa shape index (κ1) is 16.1. The van der Waals surface area contributed by atoms with Crippen LogP contribution in [0, 0.1) is 6.92 Å². The van der Waals surface area contributed by atoms with Crippen molar-refractivity contribution in [3.63, 3.8) is 0 Å². The number of rotatable bonds is 2. The Kier molecular flexibility index (Phi) is 3.51. The molecule has 0 spiro atoms. The minimum atomic E-state index is -3.09. The van der Waals surface area contributed by atoms with E-state index >= 15 is 0 Å². The Bertz CT molecular complexity index is 686. The van der Waals surface area contributed by atoms with Crippen LogP contribution in [0.3, 0.4) is 0 Å². The summed E-state index contributed by atoms with van der Waals surface area (Å²) in [5.74, 6) is -3.09. The molecule has 0 bridgehead atoms. The minimum Gasteiger partial charge on any atom is -0.403 e. The standard InChI is InChI=1S/C10H10B3FN2O5/c1-4-3-16(7(19)15-6(4)18)9(11)5(17)2-8(14,21-9)10(12,13)20/h3,5,17,20H,2H2,1H3,(H,15,18,19)/t5-,8+,9+/m1/s1. The highest BCUT2D eigenvalue weighted by atomic mass is 19.2. The van der Waals surface area contributed by atoms with Gasteiger partial charge in [-0.25, -0.2) is 9.18 Å². The maximum absolute atomic E-state index is 14.4. The molecule has 3 N–H and O–H groups in total. The van der Waals surface area contributed by atoms with Crippen molar-refractivity contribution in [2.45, 2.75) is 36.3 Å². The second-order valence-electron chi connectivity index (χ2n) is 5.07. The zero-order chi connectivity index (χ0) is 16.2. The second-order valence-corrected chi connectivity index (χ2v) is 5.07. The summed E-state index contributed by atoms with van der Waals surface area (Å²) >= 11 is 0. The number of hydrogen-bond donors (Lipinski definition) is 3. The lowest BCUT2D eigenvalue weighted by atomic mass is 9.60. The number of alkyl halides is 1. The van der Waals surface area contributed by atoms with E-state index in [1.54, 1.807) is 0 Å². The molecule has 1 aromatic heterocycles. The summed E-state index contributed by atoms with van der Waals surface area (Å²) in [5, 5.41) is 16.4. The summed E-state index contributed by atoms with van der Waals surface area (Å²) in [4.78, 5) is 25.0. The Labute approximate surface area is 122 Å². The third-order valence-electron chi connectivity index (χ3n) is 3.35. The van der Waals surface area contributed by atoms with Crippen LogP contribution in [0.2, 0.25) is 0 Å². The molecule has 1 fully saturated rings. The lowest BCUT2D eigenvalue weighted by molar-refractivity contribution is -0.222. The lowest BCUT2D eigenvalue weighted by Gasteiger charge is -2.36. The largest absolute Gasteiger partial charge is 0.403 e. The number of halogens is 1. The zero-order valence-electron chi connectivity index (χ0n) is 11.0. The van der Waals surface area contributed by atoms with E-state index in [2.05, 4.69) is 0 Å². The molecule has 6 radical (unpaired) electrons. The molecule has 0 saturated carbocycles. The van der Waals surface area contributed by atoms with Gasteiger partial charge in [-0.3, -0.25) is 14.3 Å². The van der Waals surface area contributed by atoms with Gasteiger partial charge in [-0.2, -0.15) is 0 Å². The highest BCUT2D eigenvalue weighted by molar-refractivity contribution is 6.39. The topological polar surface area (TPSA) is 105 Å².